The summed E-state index contributed by atoms with van der Waals surface area (Å²) < 4.78 is 0. The van der Waals surface area contributed by atoms with E-state index < -0.39 is 0 Å². The molecule has 2 bridgehead atoms. The molecule has 1 heterocycles. The lowest BCUT2D eigenvalue weighted by atomic mass is 9.95. The zero-order valence-electron chi connectivity index (χ0n) is 11.0. The molecule has 3 nitrogen and oxygen atoms in total. The van der Waals surface area contributed by atoms with Gasteiger partial charge >= 0.3 is 0 Å². The predicted molar refractivity (Wildman–Crippen MR) is 79.0 cm³/mol. The second kappa shape index (κ2) is 4.12. The number of nitrogen functional groups attached to an aromatic ring is 1. The third-order valence-corrected chi connectivity index (χ3v) is 4.88. The Labute approximate surface area is 113 Å². The number of anilines is 2. The first-order valence-electron chi connectivity index (χ1n) is 7.21. The Hall–Kier alpha value is -1.77. The van der Waals surface area contributed by atoms with Crippen molar-refractivity contribution in [2.24, 2.45) is 11.8 Å². The molecule has 2 aromatic rings. The number of nitrogens with zero attached hydrogens (tertiary/aromatic N) is 1. The highest BCUT2D eigenvalue weighted by Gasteiger charge is 2.39. The van der Waals surface area contributed by atoms with Crippen LogP contribution in [0.1, 0.15) is 25.7 Å². The molecule has 1 aromatic heterocycles. The number of nitrogens with one attached hydrogen (secondary N) is 1. The van der Waals surface area contributed by atoms with Crippen molar-refractivity contribution in [3.05, 3.63) is 30.5 Å². The van der Waals surface area contributed by atoms with E-state index in [2.05, 4.69) is 16.4 Å². The lowest BCUT2D eigenvalue weighted by molar-refractivity contribution is 0.440. The maximum absolute atomic E-state index is 6.03. The lowest BCUT2D eigenvalue weighted by Crippen LogP contribution is -2.26. The fraction of sp³-hybridized carbons (Fsp3) is 0.438. The number of hydrogen-bond donors (Lipinski definition) is 2. The maximum atomic E-state index is 6.03. The standard InChI is InChI=1S/C16H19N3/c17-13-5-6-14(16-12(13)2-1-7-18-16)19-15-9-10-3-4-11(15)8-10/h1-2,5-7,10-11,15,19H,3-4,8-9,17H2. The first-order valence-corrected chi connectivity index (χ1v) is 7.21. The van der Waals surface area contributed by atoms with Crippen molar-refractivity contribution >= 4 is 22.3 Å². The first kappa shape index (κ1) is 11.1. The number of nitrogens with two attached hydrogens (primary N) is 1. The normalized spacial score (nSPS) is 28.9. The van der Waals surface area contributed by atoms with Gasteiger partial charge in [0, 0.05) is 23.3 Å². The average Bonchev–Trinajstić information content (AvgIpc) is 3.05. The van der Waals surface area contributed by atoms with Gasteiger partial charge in [-0.3, -0.25) is 4.98 Å². The van der Waals surface area contributed by atoms with Gasteiger partial charge in [-0.05, 0) is 55.4 Å². The number of hydrogen-bond acceptors (Lipinski definition) is 3. The summed E-state index contributed by atoms with van der Waals surface area (Å²) in [7, 11) is 0. The Bertz CT molecular complexity index is 622. The summed E-state index contributed by atoms with van der Waals surface area (Å²) in [5, 5.41) is 4.78. The highest BCUT2D eigenvalue weighted by atomic mass is 15.0. The molecule has 4 rings (SSSR count). The van der Waals surface area contributed by atoms with Gasteiger partial charge in [-0.1, -0.05) is 6.42 Å². The van der Waals surface area contributed by atoms with Gasteiger partial charge in [0.15, 0.2) is 0 Å². The summed E-state index contributed by atoms with van der Waals surface area (Å²) in [6.45, 7) is 0. The highest BCUT2D eigenvalue weighted by molar-refractivity contribution is 5.98. The zero-order chi connectivity index (χ0) is 12.8. The summed E-state index contributed by atoms with van der Waals surface area (Å²) in [6.07, 6.45) is 7.40. The molecule has 0 aliphatic heterocycles. The molecule has 0 saturated heterocycles. The average molecular weight is 253 g/mol. The van der Waals surface area contributed by atoms with E-state index in [4.69, 9.17) is 5.73 Å². The Morgan fingerprint density at radius 2 is 2.11 bits per heavy atom. The van der Waals surface area contributed by atoms with Crippen LogP contribution < -0.4 is 11.1 Å². The van der Waals surface area contributed by atoms with Crippen LogP contribution in [-0.4, -0.2) is 11.0 Å². The second-order valence-electron chi connectivity index (χ2n) is 6.03. The minimum Gasteiger partial charge on any atom is -0.398 e. The van der Waals surface area contributed by atoms with E-state index in [1.165, 1.54) is 25.7 Å². The number of fused-ring (bicyclic) bond motifs is 3. The number of pyridine rings is 1. The molecule has 3 N–H and O–H groups in total. The van der Waals surface area contributed by atoms with Crippen molar-refractivity contribution in [2.75, 3.05) is 11.1 Å². The van der Waals surface area contributed by atoms with Gasteiger partial charge in [0.2, 0.25) is 0 Å². The Morgan fingerprint density at radius 1 is 1.16 bits per heavy atom. The van der Waals surface area contributed by atoms with Gasteiger partial charge in [0.05, 0.1) is 11.2 Å². The number of benzene rings is 1. The van der Waals surface area contributed by atoms with Crippen LogP contribution >= 0.6 is 0 Å². The van der Waals surface area contributed by atoms with Gasteiger partial charge in [-0.25, -0.2) is 0 Å². The summed E-state index contributed by atoms with van der Waals surface area (Å²) >= 11 is 0. The predicted octanol–water partition coefficient (Wildman–Crippen LogP) is 3.42. The fourth-order valence-corrected chi connectivity index (χ4v) is 3.93. The molecule has 0 spiro atoms. The van der Waals surface area contributed by atoms with Crippen LogP contribution in [0.2, 0.25) is 0 Å². The van der Waals surface area contributed by atoms with E-state index in [9.17, 15) is 0 Å². The minimum atomic E-state index is 0.632. The molecule has 2 saturated carbocycles. The largest absolute Gasteiger partial charge is 0.398 e. The third kappa shape index (κ3) is 1.76. The lowest BCUT2D eigenvalue weighted by Gasteiger charge is -2.24. The molecule has 1 aromatic carbocycles. The maximum Gasteiger partial charge on any atom is 0.0953 e. The van der Waals surface area contributed by atoms with E-state index >= 15 is 0 Å². The molecule has 2 fully saturated rings. The van der Waals surface area contributed by atoms with Crippen LogP contribution in [0.3, 0.4) is 0 Å². The second-order valence-corrected chi connectivity index (χ2v) is 6.03. The quantitative estimate of drug-likeness (QED) is 0.806. The van der Waals surface area contributed by atoms with Crippen LogP contribution in [0.25, 0.3) is 10.9 Å². The van der Waals surface area contributed by atoms with Crippen LogP contribution in [-0.2, 0) is 0 Å². The molecular formula is C16H19N3. The van der Waals surface area contributed by atoms with Crippen LogP contribution in [0.5, 0.6) is 0 Å². The summed E-state index contributed by atoms with van der Waals surface area (Å²) in [4.78, 5) is 4.50. The number of aromatic nitrogens is 1. The van der Waals surface area contributed by atoms with Gasteiger partial charge in [-0.2, -0.15) is 0 Å². The molecular weight excluding hydrogens is 234 g/mol. The fourth-order valence-electron chi connectivity index (χ4n) is 3.93. The van der Waals surface area contributed by atoms with E-state index in [1.54, 1.807) is 0 Å². The summed E-state index contributed by atoms with van der Waals surface area (Å²) in [6, 6.07) is 8.69. The zero-order valence-corrected chi connectivity index (χ0v) is 11.0. The van der Waals surface area contributed by atoms with Gasteiger partial charge in [0.25, 0.3) is 0 Å². The smallest absolute Gasteiger partial charge is 0.0953 e. The summed E-state index contributed by atoms with van der Waals surface area (Å²) in [5.41, 5.74) is 8.98. The van der Waals surface area contributed by atoms with E-state index in [-0.39, 0.29) is 0 Å². The molecule has 0 radical (unpaired) electrons. The van der Waals surface area contributed by atoms with Gasteiger partial charge in [0.1, 0.15) is 0 Å². The Balaban J connectivity index is 1.70. The van der Waals surface area contributed by atoms with Crippen LogP contribution in [0.4, 0.5) is 11.4 Å². The van der Waals surface area contributed by atoms with Crippen LogP contribution in [0.15, 0.2) is 30.5 Å². The SMILES string of the molecule is Nc1ccc(NC2CC3CCC2C3)c2ncccc12. The summed E-state index contributed by atoms with van der Waals surface area (Å²) in [5.74, 6) is 1.82. The molecule has 3 heteroatoms. The monoisotopic (exact) mass is 253 g/mol. The Morgan fingerprint density at radius 3 is 2.89 bits per heavy atom. The molecule has 19 heavy (non-hydrogen) atoms. The molecule has 2 aliphatic rings. The van der Waals surface area contributed by atoms with E-state index in [0.717, 1.165) is 34.1 Å². The number of rotatable bonds is 2. The molecule has 3 atom stereocenters. The first-order chi connectivity index (χ1) is 9.31. The third-order valence-electron chi connectivity index (χ3n) is 4.88. The van der Waals surface area contributed by atoms with Crippen molar-refractivity contribution in [3.8, 4) is 0 Å². The van der Waals surface area contributed by atoms with Crippen molar-refractivity contribution in [1.29, 1.82) is 0 Å². The van der Waals surface area contributed by atoms with Crippen molar-refractivity contribution in [1.82, 2.24) is 4.98 Å². The van der Waals surface area contributed by atoms with Crippen molar-refractivity contribution in [2.45, 2.75) is 31.7 Å². The van der Waals surface area contributed by atoms with Crippen molar-refractivity contribution in [3.63, 3.8) is 0 Å². The molecule has 2 aliphatic carbocycles. The Kier molecular flexibility index (Phi) is 2.40. The molecule has 98 valence electrons. The highest BCUT2D eigenvalue weighted by Crippen LogP contribution is 2.46. The molecule has 0 amide bonds. The van der Waals surface area contributed by atoms with Crippen molar-refractivity contribution < 1.29 is 0 Å². The van der Waals surface area contributed by atoms with Crippen LogP contribution in [0, 0.1) is 11.8 Å². The van der Waals surface area contributed by atoms with E-state index in [0.29, 0.717) is 6.04 Å². The molecule has 3 unspecified atom stereocenters. The van der Waals surface area contributed by atoms with Gasteiger partial charge in [-0.15, -0.1) is 0 Å². The van der Waals surface area contributed by atoms with Gasteiger partial charge < -0.3 is 11.1 Å². The topological polar surface area (TPSA) is 50.9 Å². The minimum absolute atomic E-state index is 0.632. The van der Waals surface area contributed by atoms with E-state index in [1.807, 2.05) is 24.4 Å².